The number of hydrogen-bond donors (Lipinski definition) is 1. The van der Waals surface area contributed by atoms with Crippen molar-refractivity contribution in [3.05, 3.63) is 29.1 Å². The Kier molecular flexibility index (Phi) is 3.43. The molecule has 0 spiro atoms. The van der Waals surface area contributed by atoms with Crippen molar-refractivity contribution in [3.8, 4) is 0 Å². The highest BCUT2D eigenvalue weighted by Gasteiger charge is 2.08. The summed E-state index contributed by atoms with van der Waals surface area (Å²) >= 11 is 0. The van der Waals surface area contributed by atoms with E-state index in [0.717, 1.165) is 24.2 Å². The van der Waals surface area contributed by atoms with Gasteiger partial charge in [0.2, 0.25) is 0 Å². The van der Waals surface area contributed by atoms with E-state index in [-0.39, 0.29) is 6.04 Å². The minimum atomic E-state index is 0.151. The Morgan fingerprint density at radius 3 is 2.62 bits per heavy atom. The molecule has 72 valence electrons. The summed E-state index contributed by atoms with van der Waals surface area (Å²) in [5.41, 5.74) is 9.33. The molecule has 0 saturated heterocycles. The molecule has 0 aliphatic rings. The highest BCUT2D eigenvalue weighted by atomic mass is 14.7. The fourth-order valence-electron chi connectivity index (χ4n) is 1.56. The molecule has 1 aromatic rings. The van der Waals surface area contributed by atoms with Crippen molar-refractivity contribution in [2.24, 2.45) is 5.73 Å². The maximum atomic E-state index is 6.02. The first-order valence-corrected chi connectivity index (χ1v) is 4.85. The summed E-state index contributed by atoms with van der Waals surface area (Å²) in [5, 5.41) is 0. The van der Waals surface area contributed by atoms with E-state index in [1.165, 1.54) is 5.56 Å². The van der Waals surface area contributed by atoms with Gasteiger partial charge in [-0.05, 0) is 31.9 Å². The highest BCUT2D eigenvalue weighted by molar-refractivity contribution is 5.24. The molecule has 1 aromatic heterocycles. The number of aromatic nitrogens is 1. The summed E-state index contributed by atoms with van der Waals surface area (Å²) in [6.07, 6.45) is 2.15. The lowest BCUT2D eigenvalue weighted by Gasteiger charge is -2.13. The van der Waals surface area contributed by atoms with E-state index in [1.807, 2.05) is 19.9 Å². The van der Waals surface area contributed by atoms with E-state index < -0.39 is 0 Å². The SMILES string of the molecule is CCC[C@H](N)c1ccc(C)nc1C. The van der Waals surface area contributed by atoms with Crippen LogP contribution in [0.3, 0.4) is 0 Å². The van der Waals surface area contributed by atoms with Crippen LogP contribution in [-0.2, 0) is 0 Å². The zero-order chi connectivity index (χ0) is 9.84. The van der Waals surface area contributed by atoms with Crippen LogP contribution in [0.5, 0.6) is 0 Å². The Bertz CT molecular complexity index is 281. The maximum Gasteiger partial charge on any atom is 0.0423 e. The number of hydrogen-bond acceptors (Lipinski definition) is 2. The fourth-order valence-corrected chi connectivity index (χ4v) is 1.56. The molecule has 0 aliphatic heterocycles. The summed E-state index contributed by atoms with van der Waals surface area (Å²) in [6.45, 7) is 6.18. The van der Waals surface area contributed by atoms with Gasteiger partial charge in [0, 0.05) is 17.4 Å². The van der Waals surface area contributed by atoms with Crippen LogP contribution < -0.4 is 5.73 Å². The van der Waals surface area contributed by atoms with E-state index in [9.17, 15) is 0 Å². The highest BCUT2D eigenvalue weighted by Crippen LogP contribution is 2.18. The molecule has 13 heavy (non-hydrogen) atoms. The number of pyridine rings is 1. The second kappa shape index (κ2) is 4.38. The summed E-state index contributed by atoms with van der Waals surface area (Å²) in [6, 6.07) is 4.27. The van der Waals surface area contributed by atoms with Crippen LogP contribution in [0.25, 0.3) is 0 Å². The maximum absolute atomic E-state index is 6.02. The molecule has 2 nitrogen and oxygen atoms in total. The van der Waals surface area contributed by atoms with Crippen LogP contribution in [0.1, 0.15) is 42.8 Å². The first-order valence-electron chi connectivity index (χ1n) is 4.85. The second-order valence-electron chi connectivity index (χ2n) is 3.52. The Balaban J connectivity index is 2.88. The van der Waals surface area contributed by atoms with Gasteiger partial charge in [-0.1, -0.05) is 19.4 Å². The second-order valence-corrected chi connectivity index (χ2v) is 3.52. The summed E-state index contributed by atoms with van der Waals surface area (Å²) < 4.78 is 0. The minimum absolute atomic E-state index is 0.151. The van der Waals surface area contributed by atoms with Crippen molar-refractivity contribution in [2.45, 2.75) is 39.7 Å². The van der Waals surface area contributed by atoms with E-state index in [0.29, 0.717) is 0 Å². The lowest BCUT2D eigenvalue weighted by molar-refractivity contribution is 0.631. The number of rotatable bonds is 3. The molecule has 1 rings (SSSR count). The summed E-state index contributed by atoms with van der Waals surface area (Å²) in [5.74, 6) is 0. The Labute approximate surface area is 80.2 Å². The molecular weight excluding hydrogens is 160 g/mol. The Hall–Kier alpha value is -0.890. The topological polar surface area (TPSA) is 38.9 Å². The van der Waals surface area contributed by atoms with Crippen molar-refractivity contribution in [3.63, 3.8) is 0 Å². The monoisotopic (exact) mass is 178 g/mol. The fraction of sp³-hybridized carbons (Fsp3) is 0.545. The predicted octanol–water partition coefficient (Wildman–Crippen LogP) is 2.50. The van der Waals surface area contributed by atoms with Crippen molar-refractivity contribution in [1.29, 1.82) is 0 Å². The van der Waals surface area contributed by atoms with Gasteiger partial charge >= 0.3 is 0 Å². The van der Waals surface area contributed by atoms with Gasteiger partial charge in [0.25, 0.3) is 0 Å². The average molecular weight is 178 g/mol. The molecule has 0 aliphatic carbocycles. The molecule has 1 atom stereocenters. The molecular formula is C11H18N2. The largest absolute Gasteiger partial charge is 0.324 e. The van der Waals surface area contributed by atoms with Crippen LogP contribution in [0, 0.1) is 13.8 Å². The third-order valence-electron chi connectivity index (χ3n) is 2.27. The van der Waals surface area contributed by atoms with E-state index in [4.69, 9.17) is 5.73 Å². The molecule has 0 aromatic carbocycles. The van der Waals surface area contributed by atoms with Crippen LogP contribution in [0.15, 0.2) is 12.1 Å². The van der Waals surface area contributed by atoms with Crippen LogP contribution >= 0.6 is 0 Å². The molecule has 0 radical (unpaired) electrons. The standard InChI is InChI=1S/C11H18N2/c1-4-5-11(12)10-7-6-8(2)13-9(10)3/h6-7,11H,4-5,12H2,1-3H3/t11-/m0/s1. The molecule has 0 fully saturated rings. The van der Waals surface area contributed by atoms with E-state index in [2.05, 4.69) is 18.0 Å². The van der Waals surface area contributed by atoms with Gasteiger partial charge < -0.3 is 5.73 Å². The normalized spacial score (nSPS) is 12.9. The van der Waals surface area contributed by atoms with Crippen LogP contribution in [-0.4, -0.2) is 4.98 Å². The van der Waals surface area contributed by atoms with Crippen LogP contribution in [0.4, 0.5) is 0 Å². The molecule has 0 bridgehead atoms. The predicted molar refractivity (Wildman–Crippen MR) is 55.5 cm³/mol. The van der Waals surface area contributed by atoms with Gasteiger partial charge in [-0.3, -0.25) is 4.98 Å². The van der Waals surface area contributed by atoms with Gasteiger partial charge in [-0.15, -0.1) is 0 Å². The minimum Gasteiger partial charge on any atom is -0.324 e. The van der Waals surface area contributed by atoms with Crippen molar-refractivity contribution in [1.82, 2.24) is 4.98 Å². The zero-order valence-electron chi connectivity index (χ0n) is 8.67. The number of nitrogens with zero attached hydrogens (tertiary/aromatic N) is 1. The van der Waals surface area contributed by atoms with Gasteiger partial charge in [0.1, 0.15) is 0 Å². The van der Waals surface area contributed by atoms with Crippen molar-refractivity contribution < 1.29 is 0 Å². The van der Waals surface area contributed by atoms with E-state index in [1.54, 1.807) is 0 Å². The molecule has 2 heteroatoms. The van der Waals surface area contributed by atoms with Gasteiger partial charge in [0.15, 0.2) is 0 Å². The third kappa shape index (κ3) is 2.52. The number of aryl methyl sites for hydroxylation is 2. The first kappa shape index (κ1) is 10.2. The third-order valence-corrected chi connectivity index (χ3v) is 2.27. The Morgan fingerprint density at radius 1 is 1.38 bits per heavy atom. The summed E-state index contributed by atoms with van der Waals surface area (Å²) in [7, 11) is 0. The lowest BCUT2D eigenvalue weighted by Crippen LogP contribution is -2.12. The van der Waals surface area contributed by atoms with Crippen LogP contribution in [0.2, 0.25) is 0 Å². The quantitative estimate of drug-likeness (QED) is 0.772. The average Bonchev–Trinajstić information content (AvgIpc) is 2.04. The van der Waals surface area contributed by atoms with Crippen molar-refractivity contribution in [2.75, 3.05) is 0 Å². The summed E-state index contributed by atoms with van der Waals surface area (Å²) in [4.78, 5) is 4.40. The molecule has 1 heterocycles. The van der Waals surface area contributed by atoms with Crippen molar-refractivity contribution >= 4 is 0 Å². The number of nitrogens with two attached hydrogens (primary N) is 1. The molecule has 2 N–H and O–H groups in total. The van der Waals surface area contributed by atoms with Gasteiger partial charge in [-0.2, -0.15) is 0 Å². The van der Waals surface area contributed by atoms with Gasteiger partial charge in [0.05, 0.1) is 0 Å². The zero-order valence-corrected chi connectivity index (χ0v) is 8.67. The Morgan fingerprint density at radius 2 is 2.08 bits per heavy atom. The lowest BCUT2D eigenvalue weighted by atomic mass is 10.0. The molecule has 0 amide bonds. The molecule has 0 saturated carbocycles. The molecule has 0 unspecified atom stereocenters. The smallest absolute Gasteiger partial charge is 0.0423 e. The van der Waals surface area contributed by atoms with Gasteiger partial charge in [-0.25, -0.2) is 0 Å². The first-order chi connectivity index (χ1) is 6.15. The van der Waals surface area contributed by atoms with E-state index >= 15 is 0 Å².